The van der Waals surface area contributed by atoms with Crippen LogP contribution in [-0.4, -0.2) is 27.0 Å². The summed E-state index contributed by atoms with van der Waals surface area (Å²) in [4.78, 5) is 0. The van der Waals surface area contributed by atoms with E-state index in [2.05, 4.69) is 41.7 Å². The van der Waals surface area contributed by atoms with E-state index in [4.69, 9.17) is 0 Å². The molecule has 0 saturated carbocycles. The summed E-state index contributed by atoms with van der Waals surface area (Å²) in [5.41, 5.74) is 6.24. The number of hydrogen-bond acceptors (Lipinski definition) is 3. The van der Waals surface area contributed by atoms with Crippen molar-refractivity contribution in [1.82, 2.24) is 0 Å². The Morgan fingerprint density at radius 3 is 2.60 bits per heavy atom. The molecule has 0 amide bonds. The number of hydrogen-bond donors (Lipinski definition) is 1. The molecule has 3 nitrogen and oxygen atoms in total. The zero-order valence-corrected chi connectivity index (χ0v) is 12.2. The van der Waals surface area contributed by atoms with Crippen LogP contribution in [0.2, 0.25) is 0 Å². The molecule has 2 aromatic rings. The summed E-state index contributed by atoms with van der Waals surface area (Å²) in [7, 11) is -2.91. The first-order valence-corrected chi connectivity index (χ1v) is 8.72. The Hall–Kier alpha value is -1.81. The molecule has 0 heterocycles. The van der Waals surface area contributed by atoms with Crippen LogP contribution in [0.15, 0.2) is 42.5 Å². The van der Waals surface area contributed by atoms with Gasteiger partial charge < -0.3 is 5.32 Å². The molecule has 3 rings (SSSR count). The SMILES string of the molecule is CS(=O)(=O)CCNc1ccc2c(c1)Cc1ccccc1-2. The van der Waals surface area contributed by atoms with Gasteiger partial charge in [-0.2, -0.15) is 0 Å². The summed E-state index contributed by atoms with van der Waals surface area (Å²) in [5.74, 6) is 0.157. The molecule has 4 heteroatoms. The largest absolute Gasteiger partial charge is 0.384 e. The maximum absolute atomic E-state index is 11.1. The fourth-order valence-electron chi connectivity index (χ4n) is 2.64. The number of fused-ring (bicyclic) bond motifs is 3. The summed E-state index contributed by atoms with van der Waals surface area (Å²) in [6.07, 6.45) is 2.21. The third-order valence-corrected chi connectivity index (χ3v) is 4.54. The van der Waals surface area contributed by atoms with Gasteiger partial charge >= 0.3 is 0 Å². The molecule has 20 heavy (non-hydrogen) atoms. The minimum Gasteiger partial charge on any atom is -0.384 e. The van der Waals surface area contributed by atoms with Gasteiger partial charge in [-0.25, -0.2) is 8.42 Å². The number of rotatable bonds is 4. The fraction of sp³-hybridized carbons (Fsp3) is 0.250. The molecule has 1 aliphatic rings. The summed E-state index contributed by atoms with van der Waals surface area (Å²) >= 11 is 0. The van der Waals surface area contributed by atoms with E-state index < -0.39 is 9.84 Å². The van der Waals surface area contributed by atoms with Crippen LogP contribution in [0.5, 0.6) is 0 Å². The number of nitrogens with one attached hydrogen (secondary N) is 1. The molecule has 0 radical (unpaired) electrons. The van der Waals surface area contributed by atoms with E-state index in [1.165, 1.54) is 28.5 Å². The lowest BCUT2D eigenvalue weighted by atomic mass is 10.1. The molecule has 0 aromatic heterocycles. The highest BCUT2D eigenvalue weighted by molar-refractivity contribution is 7.90. The highest BCUT2D eigenvalue weighted by Gasteiger charge is 2.17. The second-order valence-corrected chi connectivity index (χ2v) is 7.52. The van der Waals surface area contributed by atoms with Gasteiger partial charge in [-0.1, -0.05) is 30.3 Å². The predicted octanol–water partition coefficient (Wildman–Crippen LogP) is 2.71. The quantitative estimate of drug-likeness (QED) is 0.802. The predicted molar refractivity (Wildman–Crippen MR) is 82.9 cm³/mol. The highest BCUT2D eigenvalue weighted by Crippen LogP contribution is 2.37. The van der Waals surface area contributed by atoms with Gasteiger partial charge in [-0.3, -0.25) is 0 Å². The first kappa shape index (κ1) is 13.2. The van der Waals surface area contributed by atoms with Gasteiger partial charge in [0.25, 0.3) is 0 Å². The molecule has 0 saturated heterocycles. The van der Waals surface area contributed by atoms with Crippen LogP contribution in [0.1, 0.15) is 11.1 Å². The van der Waals surface area contributed by atoms with E-state index in [1.54, 1.807) is 0 Å². The first-order valence-electron chi connectivity index (χ1n) is 6.66. The Balaban J connectivity index is 1.77. The van der Waals surface area contributed by atoms with Crippen molar-refractivity contribution in [2.24, 2.45) is 0 Å². The molecule has 0 unspecified atom stereocenters. The topological polar surface area (TPSA) is 46.2 Å². The van der Waals surface area contributed by atoms with Crippen molar-refractivity contribution >= 4 is 15.5 Å². The Morgan fingerprint density at radius 1 is 1.05 bits per heavy atom. The summed E-state index contributed by atoms with van der Waals surface area (Å²) < 4.78 is 22.2. The average Bonchev–Trinajstić information content (AvgIpc) is 2.74. The number of anilines is 1. The summed E-state index contributed by atoms with van der Waals surface area (Å²) in [5, 5.41) is 3.18. The molecule has 0 spiro atoms. The number of sulfone groups is 1. The van der Waals surface area contributed by atoms with Crippen LogP contribution >= 0.6 is 0 Å². The molecule has 1 N–H and O–H groups in total. The van der Waals surface area contributed by atoms with E-state index in [1.807, 2.05) is 6.07 Å². The van der Waals surface area contributed by atoms with Crippen molar-refractivity contribution in [3.05, 3.63) is 53.6 Å². The molecule has 0 fully saturated rings. The van der Waals surface area contributed by atoms with E-state index >= 15 is 0 Å². The minimum atomic E-state index is -2.91. The van der Waals surface area contributed by atoms with E-state index in [0.717, 1.165) is 12.1 Å². The van der Waals surface area contributed by atoms with Crippen LogP contribution in [0.3, 0.4) is 0 Å². The van der Waals surface area contributed by atoms with Crippen LogP contribution < -0.4 is 5.32 Å². The van der Waals surface area contributed by atoms with E-state index in [9.17, 15) is 8.42 Å². The Morgan fingerprint density at radius 2 is 1.80 bits per heavy atom. The number of benzene rings is 2. The fourth-order valence-corrected chi connectivity index (χ4v) is 3.11. The summed E-state index contributed by atoms with van der Waals surface area (Å²) in [6.45, 7) is 0.449. The maximum Gasteiger partial charge on any atom is 0.149 e. The highest BCUT2D eigenvalue weighted by atomic mass is 32.2. The molecule has 0 atom stereocenters. The van der Waals surface area contributed by atoms with Crippen LogP contribution in [0, 0.1) is 0 Å². The van der Waals surface area contributed by atoms with Crippen LogP contribution in [0.25, 0.3) is 11.1 Å². The molecule has 1 aliphatic carbocycles. The van der Waals surface area contributed by atoms with Crippen molar-refractivity contribution < 1.29 is 8.42 Å². The van der Waals surface area contributed by atoms with Gasteiger partial charge in [0.2, 0.25) is 0 Å². The lowest BCUT2D eigenvalue weighted by Crippen LogP contribution is -2.14. The lowest BCUT2D eigenvalue weighted by Gasteiger charge is -2.08. The van der Waals surface area contributed by atoms with Gasteiger partial charge in [0, 0.05) is 18.5 Å². The molecule has 2 aromatic carbocycles. The molecular formula is C16H17NO2S. The normalized spacial score (nSPS) is 12.8. The van der Waals surface area contributed by atoms with Gasteiger partial charge in [0.05, 0.1) is 5.75 Å². The molecule has 104 valence electrons. The smallest absolute Gasteiger partial charge is 0.149 e. The average molecular weight is 287 g/mol. The standard InChI is InChI=1S/C16H17NO2S/c1-20(18,19)9-8-17-14-6-7-16-13(11-14)10-12-4-2-3-5-15(12)16/h2-7,11,17H,8-10H2,1H3. The van der Waals surface area contributed by atoms with Gasteiger partial charge in [-0.05, 0) is 40.8 Å². The van der Waals surface area contributed by atoms with Crippen molar-refractivity contribution in [3.63, 3.8) is 0 Å². The lowest BCUT2D eigenvalue weighted by molar-refractivity contribution is 0.602. The Labute approximate surface area is 119 Å². The van der Waals surface area contributed by atoms with Crippen LogP contribution in [-0.2, 0) is 16.3 Å². The summed E-state index contributed by atoms with van der Waals surface area (Å²) in [6, 6.07) is 14.7. The minimum absolute atomic E-state index is 0.157. The second kappa shape index (κ2) is 4.94. The van der Waals surface area contributed by atoms with Crippen molar-refractivity contribution in [2.45, 2.75) is 6.42 Å². The maximum atomic E-state index is 11.1. The third-order valence-electron chi connectivity index (χ3n) is 3.60. The Bertz CT molecular complexity index is 751. The Kier molecular flexibility index (Phi) is 3.26. The van der Waals surface area contributed by atoms with Crippen molar-refractivity contribution in [1.29, 1.82) is 0 Å². The van der Waals surface area contributed by atoms with Crippen molar-refractivity contribution in [2.75, 3.05) is 23.9 Å². The monoisotopic (exact) mass is 287 g/mol. The molecule has 0 bridgehead atoms. The van der Waals surface area contributed by atoms with Crippen molar-refractivity contribution in [3.8, 4) is 11.1 Å². The van der Waals surface area contributed by atoms with E-state index in [0.29, 0.717) is 6.54 Å². The molecular weight excluding hydrogens is 270 g/mol. The second-order valence-electron chi connectivity index (χ2n) is 5.26. The zero-order valence-electron chi connectivity index (χ0n) is 11.4. The van der Waals surface area contributed by atoms with E-state index in [-0.39, 0.29) is 5.75 Å². The first-order chi connectivity index (χ1) is 9.53. The third kappa shape index (κ3) is 2.70. The van der Waals surface area contributed by atoms with Gasteiger partial charge in [-0.15, -0.1) is 0 Å². The zero-order chi connectivity index (χ0) is 14.2. The molecule has 0 aliphatic heterocycles. The van der Waals surface area contributed by atoms with Gasteiger partial charge in [0.1, 0.15) is 9.84 Å². The van der Waals surface area contributed by atoms with Crippen LogP contribution in [0.4, 0.5) is 5.69 Å². The van der Waals surface area contributed by atoms with Gasteiger partial charge in [0.15, 0.2) is 0 Å².